The molecule has 3 aromatic carbocycles. The van der Waals surface area contributed by atoms with E-state index < -0.39 is 0 Å². The lowest BCUT2D eigenvalue weighted by Gasteiger charge is -2.17. The van der Waals surface area contributed by atoms with Crippen LogP contribution < -0.4 is 19.5 Å². The summed E-state index contributed by atoms with van der Waals surface area (Å²) in [6.45, 7) is 1.86. The van der Waals surface area contributed by atoms with Crippen LogP contribution in [0.5, 0.6) is 17.2 Å². The van der Waals surface area contributed by atoms with Gasteiger partial charge in [-0.05, 0) is 48.9 Å². The molecule has 1 N–H and O–H groups in total. The summed E-state index contributed by atoms with van der Waals surface area (Å²) in [5.74, 6) is 0.868. The Labute approximate surface area is 197 Å². The molecule has 4 aromatic rings. The number of methoxy groups -OCH3 is 3. The van der Waals surface area contributed by atoms with Crippen LogP contribution in [0.15, 0.2) is 66.7 Å². The number of carbonyl (C=O) groups excluding carboxylic acids is 1. The van der Waals surface area contributed by atoms with E-state index in [-0.39, 0.29) is 17.8 Å². The number of hydrogen-bond donors (Lipinski definition) is 1. The zero-order valence-corrected chi connectivity index (χ0v) is 19.4. The van der Waals surface area contributed by atoms with Crippen LogP contribution in [0, 0.1) is 5.82 Å². The highest BCUT2D eigenvalue weighted by Gasteiger charge is 2.19. The normalized spacial score (nSPS) is 11.7. The molecular weight excluding hydrogens is 435 g/mol. The molecule has 0 unspecified atom stereocenters. The van der Waals surface area contributed by atoms with Crippen molar-refractivity contribution in [2.45, 2.75) is 13.0 Å². The smallest absolute Gasteiger partial charge is 0.252 e. The largest absolute Gasteiger partial charge is 0.493 e. The van der Waals surface area contributed by atoms with Crippen molar-refractivity contribution in [3.05, 3.63) is 83.7 Å². The lowest BCUT2D eigenvalue weighted by atomic mass is 10.0. The Kier molecular flexibility index (Phi) is 6.63. The number of aromatic nitrogens is 1. The number of carbonyl (C=O) groups is 1. The van der Waals surface area contributed by atoms with Gasteiger partial charge in [-0.25, -0.2) is 9.37 Å². The van der Waals surface area contributed by atoms with Crippen LogP contribution in [0.25, 0.3) is 22.2 Å². The number of ether oxygens (including phenoxy) is 3. The molecule has 1 heterocycles. The second-order valence-electron chi connectivity index (χ2n) is 7.73. The molecular formula is C27H25FN2O4. The van der Waals surface area contributed by atoms with E-state index in [1.807, 2.05) is 31.2 Å². The first kappa shape index (κ1) is 23.0. The molecule has 174 valence electrons. The average molecular weight is 461 g/mol. The first-order valence-electron chi connectivity index (χ1n) is 10.7. The van der Waals surface area contributed by atoms with Crippen LogP contribution in [-0.2, 0) is 0 Å². The van der Waals surface area contributed by atoms with Gasteiger partial charge in [-0.3, -0.25) is 4.79 Å². The summed E-state index contributed by atoms with van der Waals surface area (Å²) in [5, 5.41) is 3.73. The maximum Gasteiger partial charge on any atom is 0.252 e. The first-order chi connectivity index (χ1) is 16.4. The summed E-state index contributed by atoms with van der Waals surface area (Å²) >= 11 is 0. The van der Waals surface area contributed by atoms with Gasteiger partial charge in [0, 0.05) is 10.9 Å². The van der Waals surface area contributed by atoms with Gasteiger partial charge < -0.3 is 19.5 Å². The number of fused-ring (bicyclic) bond motifs is 1. The van der Waals surface area contributed by atoms with E-state index in [1.165, 1.54) is 12.1 Å². The molecule has 0 spiro atoms. The van der Waals surface area contributed by atoms with Gasteiger partial charge in [0.15, 0.2) is 11.5 Å². The Morgan fingerprint density at radius 1 is 0.912 bits per heavy atom. The zero-order chi connectivity index (χ0) is 24.2. The summed E-state index contributed by atoms with van der Waals surface area (Å²) in [4.78, 5) is 18.1. The molecule has 7 heteroatoms. The Morgan fingerprint density at radius 2 is 1.56 bits per heavy atom. The second kappa shape index (κ2) is 9.79. The summed E-state index contributed by atoms with van der Waals surface area (Å²) in [7, 11) is 4.63. The van der Waals surface area contributed by atoms with Gasteiger partial charge in [0.1, 0.15) is 5.82 Å². The Morgan fingerprint density at radius 3 is 2.18 bits per heavy atom. The quantitative estimate of drug-likeness (QED) is 0.391. The maximum atomic E-state index is 13.4. The molecule has 1 atom stereocenters. The van der Waals surface area contributed by atoms with Crippen molar-refractivity contribution in [3.8, 4) is 28.5 Å². The highest BCUT2D eigenvalue weighted by molar-refractivity contribution is 6.07. The fourth-order valence-corrected chi connectivity index (χ4v) is 3.85. The summed E-state index contributed by atoms with van der Waals surface area (Å²) in [5.41, 5.74) is 3.24. The number of para-hydroxylation sites is 1. The third kappa shape index (κ3) is 4.50. The van der Waals surface area contributed by atoms with Crippen molar-refractivity contribution in [2.75, 3.05) is 21.3 Å². The van der Waals surface area contributed by atoms with Gasteiger partial charge in [0.05, 0.1) is 44.1 Å². The number of benzene rings is 3. The number of amides is 1. The molecule has 0 saturated carbocycles. The van der Waals surface area contributed by atoms with Gasteiger partial charge in [-0.2, -0.15) is 0 Å². The molecule has 1 aromatic heterocycles. The molecule has 4 rings (SSSR count). The molecule has 0 aliphatic carbocycles. The number of rotatable bonds is 7. The van der Waals surface area contributed by atoms with Crippen LogP contribution in [0.4, 0.5) is 4.39 Å². The second-order valence-corrected chi connectivity index (χ2v) is 7.73. The first-order valence-corrected chi connectivity index (χ1v) is 10.7. The minimum absolute atomic E-state index is 0.260. The van der Waals surface area contributed by atoms with Gasteiger partial charge in [0.25, 0.3) is 5.91 Å². The third-order valence-corrected chi connectivity index (χ3v) is 5.64. The van der Waals surface area contributed by atoms with Gasteiger partial charge in [-0.1, -0.05) is 30.3 Å². The predicted molar refractivity (Wildman–Crippen MR) is 129 cm³/mol. The molecule has 0 bridgehead atoms. The minimum atomic E-state index is -0.322. The van der Waals surface area contributed by atoms with Crippen LogP contribution in [0.3, 0.4) is 0 Å². The van der Waals surface area contributed by atoms with E-state index in [1.54, 1.807) is 51.7 Å². The van der Waals surface area contributed by atoms with Crippen LogP contribution in [-0.4, -0.2) is 32.2 Å². The predicted octanol–water partition coefficient (Wildman–Crippen LogP) is 5.56. The van der Waals surface area contributed by atoms with Crippen LogP contribution >= 0.6 is 0 Å². The van der Waals surface area contributed by atoms with Crippen molar-refractivity contribution >= 4 is 16.8 Å². The number of nitrogens with zero attached hydrogens (tertiary/aromatic N) is 1. The fraction of sp³-hybridized carbons (Fsp3) is 0.185. The minimum Gasteiger partial charge on any atom is -0.493 e. The van der Waals surface area contributed by atoms with Gasteiger partial charge >= 0.3 is 0 Å². The number of nitrogens with one attached hydrogen (secondary N) is 1. The summed E-state index contributed by atoms with van der Waals surface area (Å²) < 4.78 is 29.7. The summed E-state index contributed by atoms with van der Waals surface area (Å²) in [6.07, 6.45) is 0. The Hall–Kier alpha value is -4.13. The van der Waals surface area contributed by atoms with Gasteiger partial charge in [0.2, 0.25) is 5.75 Å². The topological polar surface area (TPSA) is 69.7 Å². The van der Waals surface area contributed by atoms with Crippen molar-refractivity contribution in [1.82, 2.24) is 10.3 Å². The SMILES string of the molecule is COc1cc(-c2cc(C(=O)N[C@@H](C)c3ccc(F)cc3)c3ccccc3n2)cc(OC)c1OC. The molecule has 0 fully saturated rings. The van der Waals surface area contributed by atoms with E-state index in [9.17, 15) is 9.18 Å². The molecule has 0 saturated heterocycles. The zero-order valence-electron chi connectivity index (χ0n) is 19.4. The number of pyridine rings is 1. The average Bonchev–Trinajstić information content (AvgIpc) is 2.87. The van der Waals surface area contributed by atoms with Gasteiger partial charge in [-0.15, -0.1) is 0 Å². The van der Waals surface area contributed by atoms with Crippen LogP contribution in [0.1, 0.15) is 28.9 Å². The standard InChI is InChI=1S/C27H25FN2O4/c1-16(17-9-11-19(28)12-10-17)29-27(31)21-15-23(30-22-8-6-5-7-20(21)22)18-13-24(32-2)26(34-4)25(14-18)33-3/h5-16H,1-4H3,(H,29,31)/t16-/m0/s1. The third-order valence-electron chi connectivity index (χ3n) is 5.64. The van der Waals surface area contributed by atoms with Crippen molar-refractivity contribution in [1.29, 1.82) is 0 Å². The van der Waals surface area contributed by atoms with E-state index in [4.69, 9.17) is 19.2 Å². The number of halogens is 1. The monoisotopic (exact) mass is 460 g/mol. The lowest BCUT2D eigenvalue weighted by molar-refractivity contribution is 0.0941. The van der Waals surface area contributed by atoms with Crippen LogP contribution in [0.2, 0.25) is 0 Å². The maximum absolute atomic E-state index is 13.4. The highest BCUT2D eigenvalue weighted by atomic mass is 19.1. The molecule has 6 nitrogen and oxygen atoms in total. The van der Waals surface area contributed by atoms with Crippen molar-refractivity contribution in [3.63, 3.8) is 0 Å². The van der Waals surface area contributed by atoms with Crippen molar-refractivity contribution < 1.29 is 23.4 Å². The highest BCUT2D eigenvalue weighted by Crippen LogP contribution is 2.41. The molecule has 0 aliphatic rings. The lowest BCUT2D eigenvalue weighted by Crippen LogP contribution is -2.27. The van der Waals surface area contributed by atoms with E-state index in [0.717, 1.165) is 10.9 Å². The number of hydrogen-bond acceptors (Lipinski definition) is 5. The molecule has 0 radical (unpaired) electrons. The van der Waals surface area contributed by atoms with E-state index >= 15 is 0 Å². The molecule has 1 amide bonds. The summed E-state index contributed by atoms with van der Waals surface area (Å²) in [6, 6.07) is 18.5. The van der Waals surface area contributed by atoms with E-state index in [0.29, 0.717) is 39.6 Å². The molecule has 34 heavy (non-hydrogen) atoms. The molecule has 0 aliphatic heterocycles. The Bertz CT molecular complexity index is 1310. The van der Waals surface area contributed by atoms with Crippen molar-refractivity contribution in [2.24, 2.45) is 0 Å². The Balaban J connectivity index is 1.78. The fourth-order valence-electron chi connectivity index (χ4n) is 3.85. The van der Waals surface area contributed by atoms with E-state index in [2.05, 4.69) is 5.32 Å².